The summed E-state index contributed by atoms with van der Waals surface area (Å²) in [5.74, 6) is -3.94. The van der Waals surface area contributed by atoms with Crippen molar-refractivity contribution in [2.75, 3.05) is 25.7 Å². The van der Waals surface area contributed by atoms with Gasteiger partial charge in [-0.05, 0) is 17.2 Å². The number of rotatable bonds is 4. The van der Waals surface area contributed by atoms with Gasteiger partial charge >= 0.3 is 5.97 Å². The summed E-state index contributed by atoms with van der Waals surface area (Å²) in [7, 11) is 2.67. The van der Waals surface area contributed by atoms with E-state index in [-0.39, 0.29) is 24.8 Å². The van der Waals surface area contributed by atoms with E-state index < -0.39 is 47.6 Å². The molecule has 0 saturated carbocycles. The Labute approximate surface area is 212 Å². The maximum Gasteiger partial charge on any atom is 0.324 e. The first kappa shape index (κ1) is 23.1. The molecule has 0 radical (unpaired) electrons. The highest BCUT2D eigenvalue weighted by Gasteiger charge is 2.65. The van der Waals surface area contributed by atoms with E-state index in [0.29, 0.717) is 11.3 Å². The predicted octanol–water partition coefficient (Wildman–Crippen LogP) is 1.05. The molecule has 4 atom stereocenters. The van der Waals surface area contributed by atoms with Crippen molar-refractivity contribution in [2.24, 2.45) is 11.8 Å². The lowest BCUT2D eigenvalue weighted by molar-refractivity contribution is -0.152. The molecule has 2 aromatic carbocycles. The van der Waals surface area contributed by atoms with Crippen molar-refractivity contribution >= 4 is 35.3 Å². The molecule has 10 nitrogen and oxygen atoms in total. The molecule has 2 saturated heterocycles. The number of amides is 4. The van der Waals surface area contributed by atoms with Crippen LogP contribution in [0.15, 0.2) is 66.4 Å². The van der Waals surface area contributed by atoms with E-state index in [1.807, 2.05) is 54.6 Å². The fraction of sp³-hybridized carbons (Fsp3) is 0.296. The summed E-state index contributed by atoms with van der Waals surface area (Å²) in [6.45, 7) is 0.160. The molecule has 0 bridgehead atoms. The lowest BCUT2D eigenvalue weighted by Gasteiger charge is -2.43. The summed E-state index contributed by atoms with van der Waals surface area (Å²) in [6.07, 6.45) is 1.30. The monoisotopic (exact) mass is 500 g/mol. The maximum atomic E-state index is 13.5. The number of para-hydroxylation sites is 1. The number of ether oxygens (including phenoxy) is 1. The highest BCUT2D eigenvalue weighted by atomic mass is 16.5. The normalized spacial score (nSPS) is 26.9. The molecule has 0 unspecified atom stereocenters. The van der Waals surface area contributed by atoms with Gasteiger partial charge < -0.3 is 9.64 Å². The fourth-order valence-corrected chi connectivity index (χ4v) is 6.10. The van der Waals surface area contributed by atoms with Gasteiger partial charge in [-0.15, -0.1) is 0 Å². The average Bonchev–Trinajstić information content (AvgIpc) is 3.48. The molecule has 2 fully saturated rings. The van der Waals surface area contributed by atoms with E-state index in [2.05, 4.69) is 0 Å². The predicted molar refractivity (Wildman–Crippen MR) is 129 cm³/mol. The molecular formula is C27H24N4O6. The number of carbonyl (C=O) groups is 5. The van der Waals surface area contributed by atoms with Crippen molar-refractivity contribution in [3.8, 4) is 0 Å². The van der Waals surface area contributed by atoms with Crippen LogP contribution >= 0.6 is 0 Å². The van der Waals surface area contributed by atoms with Crippen LogP contribution in [0.2, 0.25) is 0 Å². The van der Waals surface area contributed by atoms with Crippen molar-refractivity contribution in [3.05, 3.63) is 77.5 Å². The zero-order chi connectivity index (χ0) is 26.0. The van der Waals surface area contributed by atoms with E-state index in [1.54, 1.807) is 9.80 Å². The number of esters is 1. The molecule has 0 N–H and O–H groups in total. The van der Waals surface area contributed by atoms with Crippen molar-refractivity contribution in [1.29, 1.82) is 0 Å². The van der Waals surface area contributed by atoms with Crippen LogP contribution in [0, 0.1) is 11.8 Å². The Balaban J connectivity index is 1.41. The lowest BCUT2D eigenvalue weighted by atomic mass is 9.85. The van der Waals surface area contributed by atoms with Crippen molar-refractivity contribution in [3.63, 3.8) is 0 Å². The van der Waals surface area contributed by atoms with Gasteiger partial charge in [0.05, 0.1) is 38.2 Å². The largest absolute Gasteiger partial charge is 0.468 e. The molecule has 4 amide bonds. The number of imide groups is 2. The quantitative estimate of drug-likeness (QED) is 0.453. The van der Waals surface area contributed by atoms with Crippen LogP contribution in [0.1, 0.15) is 17.2 Å². The molecule has 0 aromatic heterocycles. The van der Waals surface area contributed by atoms with E-state index in [4.69, 9.17) is 4.74 Å². The van der Waals surface area contributed by atoms with E-state index >= 15 is 0 Å². The Morgan fingerprint density at radius 2 is 1.62 bits per heavy atom. The summed E-state index contributed by atoms with van der Waals surface area (Å²) in [5.41, 5.74) is 2.34. The Morgan fingerprint density at radius 3 is 2.35 bits per heavy atom. The summed E-state index contributed by atoms with van der Waals surface area (Å²) >= 11 is 0. The number of hydrogen-bond acceptors (Lipinski definition) is 8. The highest BCUT2D eigenvalue weighted by Crippen LogP contribution is 2.54. The lowest BCUT2D eigenvalue weighted by Crippen LogP contribution is -2.52. The third-order valence-corrected chi connectivity index (χ3v) is 7.77. The van der Waals surface area contributed by atoms with Crippen LogP contribution < -0.4 is 4.90 Å². The molecule has 0 aliphatic carbocycles. The van der Waals surface area contributed by atoms with Crippen LogP contribution in [-0.4, -0.2) is 71.2 Å². The van der Waals surface area contributed by atoms with Gasteiger partial charge in [-0.2, -0.15) is 0 Å². The number of likely N-dealkylation sites (tertiary alicyclic amines) is 1. The minimum atomic E-state index is -1.01. The van der Waals surface area contributed by atoms with Crippen molar-refractivity contribution < 1.29 is 28.7 Å². The van der Waals surface area contributed by atoms with Crippen LogP contribution in [0.5, 0.6) is 0 Å². The topological polar surface area (TPSA) is 108 Å². The summed E-state index contributed by atoms with van der Waals surface area (Å²) < 4.78 is 5.06. The minimum absolute atomic E-state index is 0.0305. The van der Waals surface area contributed by atoms with E-state index in [1.165, 1.54) is 25.1 Å². The molecule has 4 aliphatic rings. The molecular weight excluding hydrogens is 476 g/mol. The smallest absolute Gasteiger partial charge is 0.324 e. The number of benzene rings is 2. The number of fused-ring (bicyclic) bond motifs is 5. The zero-order valence-electron chi connectivity index (χ0n) is 20.2. The third-order valence-electron chi connectivity index (χ3n) is 7.77. The molecule has 2 aromatic rings. The molecule has 188 valence electrons. The molecule has 4 heterocycles. The zero-order valence-corrected chi connectivity index (χ0v) is 20.2. The fourth-order valence-electron chi connectivity index (χ4n) is 6.10. The van der Waals surface area contributed by atoms with Gasteiger partial charge in [0.1, 0.15) is 11.7 Å². The first-order chi connectivity index (χ1) is 17.8. The number of anilines is 1. The van der Waals surface area contributed by atoms with Gasteiger partial charge in [0.15, 0.2) is 0 Å². The van der Waals surface area contributed by atoms with E-state index in [0.717, 1.165) is 10.5 Å². The van der Waals surface area contributed by atoms with Gasteiger partial charge in [0, 0.05) is 18.8 Å². The molecule has 37 heavy (non-hydrogen) atoms. The molecule has 0 spiro atoms. The summed E-state index contributed by atoms with van der Waals surface area (Å²) in [6, 6.07) is 14.9. The van der Waals surface area contributed by atoms with Gasteiger partial charge in [-0.25, -0.2) is 0 Å². The minimum Gasteiger partial charge on any atom is -0.468 e. The van der Waals surface area contributed by atoms with Crippen LogP contribution in [0.25, 0.3) is 0 Å². The summed E-state index contributed by atoms with van der Waals surface area (Å²) in [5, 5.41) is 0. The number of nitrogens with zero attached hydrogens (tertiary/aromatic N) is 4. The second-order valence-electron chi connectivity index (χ2n) is 9.59. The van der Waals surface area contributed by atoms with Crippen molar-refractivity contribution in [2.45, 2.75) is 18.6 Å². The second kappa shape index (κ2) is 8.38. The molecule has 10 heteroatoms. The Bertz CT molecular complexity index is 1390. The maximum absolute atomic E-state index is 13.5. The first-order valence-corrected chi connectivity index (χ1v) is 12.0. The Hall–Kier alpha value is -4.31. The van der Waals surface area contributed by atoms with Crippen molar-refractivity contribution in [1.82, 2.24) is 14.7 Å². The molecule has 4 aliphatic heterocycles. The highest BCUT2D eigenvalue weighted by molar-refractivity contribution is 6.18. The number of methoxy groups -OCH3 is 1. The van der Waals surface area contributed by atoms with E-state index in [9.17, 15) is 24.0 Å². The second-order valence-corrected chi connectivity index (χ2v) is 9.59. The van der Waals surface area contributed by atoms with Gasteiger partial charge in [-0.3, -0.25) is 38.7 Å². The summed E-state index contributed by atoms with van der Waals surface area (Å²) in [4.78, 5) is 71.3. The van der Waals surface area contributed by atoms with Gasteiger partial charge in [0.2, 0.25) is 11.8 Å². The Kier molecular flexibility index (Phi) is 5.23. The Morgan fingerprint density at radius 1 is 0.946 bits per heavy atom. The number of hydrogen-bond donors (Lipinski definition) is 0. The van der Waals surface area contributed by atoms with Gasteiger partial charge in [0.25, 0.3) is 11.8 Å². The van der Waals surface area contributed by atoms with Crippen LogP contribution in [0.3, 0.4) is 0 Å². The third kappa shape index (κ3) is 3.25. The van der Waals surface area contributed by atoms with Crippen LogP contribution in [0.4, 0.5) is 5.69 Å². The standard InChI is InChI=1S/C27H24N4O6/c1-28-25(34)20-21(26(28)35)23(27(36)37-2)31-14-30(17-11-7-6-10-16(17)22(20)31)18-12-19(32)29(24(18)33)13-15-8-4-3-5-9-15/h3-12,20-23H,13-14H2,1-2H3/t20-,21+,22-,23-/m1/s1. The van der Waals surface area contributed by atoms with Gasteiger partial charge in [-0.1, -0.05) is 48.5 Å². The molecule has 6 rings (SSSR count). The average molecular weight is 501 g/mol. The number of carbonyl (C=O) groups excluding carboxylic acids is 5. The first-order valence-electron chi connectivity index (χ1n) is 12.0. The SMILES string of the molecule is COC(=O)[C@H]1[C@H]2C(=O)N(C)C(=O)[C@H]2[C@H]2c3ccccc3N(C3=CC(=O)N(Cc4ccccc4)C3=O)CN21. The van der Waals surface area contributed by atoms with Crippen LogP contribution in [-0.2, 0) is 35.3 Å².